The Labute approximate surface area is 149 Å². The Kier molecular flexibility index (Phi) is 23.8. The number of carboxylic acid groups (broad SMARTS) is 3. The van der Waals surface area contributed by atoms with Crippen LogP contribution in [0, 0.1) is 5.41 Å². The molecule has 0 aliphatic heterocycles. The van der Waals surface area contributed by atoms with E-state index in [-0.39, 0.29) is 48.4 Å². The first-order valence-electron chi connectivity index (χ1n) is 5.97. The molecule has 0 amide bonds. The van der Waals surface area contributed by atoms with Gasteiger partial charge in [0.15, 0.2) is 0 Å². The van der Waals surface area contributed by atoms with Crippen molar-refractivity contribution in [1.82, 2.24) is 0 Å². The number of carbonyl (C=O) groups excluding carboxylic acids is 1. The van der Waals surface area contributed by atoms with E-state index in [9.17, 15) is 9.90 Å². The largest absolute Gasteiger partial charge is 1.00 e. The van der Waals surface area contributed by atoms with Crippen LogP contribution in [0.4, 0.5) is 4.79 Å². The quantitative estimate of drug-likeness (QED) is 0.469. The number of hydrogen-bond donors (Lipinski definition) is 1. The first kappa shape index (κ1) is 27.6. The average Bonchev–Trinajstić information content (AvgIpc) is 2.17. The van der Waals surface area contributed by atoms with Gasteiger partial charge in [0.2, 0.25) is 6.16 Å². The summed E-state index contributed by atoms with van der Waals surface area (Å²) in [5.41, 5.74) is -0.543. The molecule has 0 rings (SSSR count). The van der Waals surface area contributed by atoms with Crippen LogP contribution in [-0.4, -0.2) is 17.2 Å². The fraction of sp³-hybridized carbons (Fsp3) is 0.833. The molecule has 0 saturated carbocycles. The summed E-state index contributed by atoms with van der Waals surface area (Å²) in [4.78, 5) is 19.5. The maximum Gasteiger partial charge on any atom is 1.00 e. The van der Waals surface area contributed by atoms with Crippen molar-refractivity contribution in [3.8, 4) is 0 Å². The van der Waals surface area contributed by atoms with E-state index >= 15 is 0 Å². The van der Waals surface area contributed by atoms with Crippen LogP contribution in [0.5, 0.6) is 0 Å². The van der Waals surface area contributed by atoms with Gasteiger partial charge in [-0.25, -0.2) is 0 Å². The Morgan fingerprint density at radius 3 is 1.26 bits per heavy atom. The van der Waals surface area contributed by atoms with Crippen molar-refractivity contribution in [2.45, 2.75) is 59.3 Å². The zero-order valence-corrected chi connectivity index (χ0v) is 14.8. The normalized spacial score (nSPS) is 9.21. The number of rotatable bonds is 7. The molecule has 0 aromatic heterocycles. The Hall–Kier alpha value is 0.337. The molecule has 0 unspecified atom stereocenters. The van der Waals surface area contributed by atoms with Gasteiger partial charge in [0.1, 0.15) is 0 Å². The van der Waals surface area contributed by atoms with Gasteiger partial charge >= 0.3 is 48.4 Å². The third-order valence-corrected chi connectivity index (χ3v) is 2.62. The Morgan fingerprint density at radius 1 is 0.947 bits per heavy atom. The number of carboxylic acids is 1. The molecule has 0 aliphatic carbocycles. The van der Waals surface area contributed by atoms with Gasteiger partial charge in [-0.2, -0.15) is 0 Å². The zero-order valence-electron chi connectivity index (χ0n) is 12.8. The van der Waals surface area contributed by atoms with Crippen molar-refractivity contribution in [3.63, 3.8) is 0 Å². The van der Waals surface area contributed by atoms with Gasteiger partial charge in [-0.3, -0.25) is 0 Å². The first-order chi connectivity index (χ1) is 7.86. The third kappa shape index (κ3) is 14.6. The van der Waals surface area contributed by atoms with E-state index in [4.69, 9.17) is 15.0 Å². The molecular formula is C12H22LiNaO5. The van der Waals surface area contributed by atoms with Gasteiger partial charge in [-0.1, -0.05) is 40.0 Å². The minimum Gasteiger partial charge on any atom is -0.565 e. The maximum atomic E-state index is 11.1. The predicted octanol–water partition coefficient (Wildman–Crippen LogP) is -4.98. The summed E-state index contributed by atoms with van der Waals surface area (Å²) in [6.45, 7) is 6.09. The molecule has 0 heterocycles. The Bertz CT molecular complexity index is 215. The van der Waals surface area contributed by atoms with Crippen molar-refractivity contribution < 1.29 is 73.3 Å². The second-order valence-electron chi connectivity index (χ2n) is 4.08. The molecule has 0 atom stereocenters. The van der Waals surface area contributed by atoms with Gasteiger partial charge < -0.3 is 24.9 Å². The molecule has 0 spiro atoms. The molecule has 1 N–H and O–H groups in total. The molecule has 19 heavy (non-hydrogen) atoms. The molecular weight excluding hydrogens is 254 g/mol. The van der Waals surface area contributed by atoms with Gasteiger partial charge in [-0.15, -0.1) is 0 Å². The van der Waals surface area contributed by atoms with Crippen molar-refractivity contribution in [1.29, 1.82) is 0 Å². The summed E-state index contributed by atoms with van der Waals surface area (Å²) in [6.07, 6.45) is 2.97. The van der Waals surface area contributed by atoms with Gasteiger partial charge in [0.05, 0.1) is 0 Å². The van der Waals surface area contributed by atoms with E-state index < -0.39 is 17.5 Å². The van der Waals surface area contributed by atoms with Crippen molar-refractivity contribution in [3.05, 3.63) is 0 Å². The van der Waals surface area contributed by atoms with Gasteiger partial charge in [0, 0.05) is 11.4 Å². The van der Waals surface area contributed by atoms with Crippen LogP contribution in [0.15, 0.2) is 0 Å². The van der Waals surface area contributed by atoms with E-state index in [1.807, 2.05) is 20.8 Å². The first-order valence-corrected chi connectivity index (χ1v) is 5.97. The summed E-state index contributed by atoms with van der Waals surface area (Å²) in [5.74, 6) is -0.849. The number of aliphatic carboxylic acids is 1. The predicted molar refractivity (Wildman–Crippen MR) is 60.2 cm³/mol. The molecule has 0 aromatic carbocycles. The third-order valence-electron chi connectivity index (χ3n) is 2.62. The molecule has 0 radical (unpaired) electrons. The average molecular weight is 276 g/mol. The molecule has 102 valence electrons. The molecule has 0 aliphatic rings. The fourth-order valence-corrected chi connectivity index (χ4v) is 2.12. The molecule has 5 nitrogen and oxygen atoms in total. The van der Waals surface area contributed by atoms with Crippen LogP contribution in [-0.2, 0) is 4.79 Å². The van der Waals surface area contributed by atoms with Crippen molar-refractivity contribution >= 4 is 12.1 Å². The van der Waals surface area contributed by atoms with Crippen LogP contribution < -0.4 is 58.6 Å². The van der Waals surface area contributed by atoms with Crippen molar-refractivity contribution in [2.75, 3.05) is 0 Å². The molecule has 7 heteroatoms. The fourth-order valence-electron chi connectivity index (χ4n) is 2.12. The van der Waals surface area contributed by atoms with Crippen LogP contribution in [0.3, 0.4) is 0 Å². The maximum absolute atomic E-state index is 11.1. The molecule has 0 aromatic rings. The number of hydrogen-bond acceptors (Lipinski definition) is 4. The summed E-state index contributed by atoms with van der Waals surface area (Å²) in [6, 6.07) is 0. The van der Waals surface area contributed by atoms with Crippen LogP contribution in [0.2, 0.25) is 0 Å². The van der Waals surface area contributed by atoms with Gasteiger partial charge in [-0.05, 0) is 19.3 Å². The second kappa shape index (κ2) is 16.4. The SMILES string of the molecule is CCCC(CCC)(CCC)C(=O)[O-].O=C([O-])O.[Li+].[Na+]. The Balaban J connectivity index is -0.000000165. The van der Waals surface area contributed by atoms with E-state index in [2.05, 4.69) is 0 Å². The van der Waals surface area contributed by atoms with E-state index in [0.29, 0.717) is 0 Å². The summed E-state index contributed by atoms with van der Waals surface area (Å²) in [5, 5.41) is 26.4. The minimum atomic E-state index is -2.08. The van der Waals surface area contributed by atoms with E-state index in [1.165, 1.54) is 0 Å². The summed E-state index contributed by atoms with van der Waals surface area (Å²) in [7, 11) is 0. The number of carbonyl (C=O) groups is 2. The van der Waals surface area contributed by atoms with Crippen LogP contribution in [0.1, 0.15) is 59.3 Å². The van der Waals surface area contributed by atoms with Crippen LogP contribution >= 0.6 is 0 Å². The van der Waals surface area contributed by atoms with Crippen LogP contribution in [0.25, 0.3) is 0 Å². The van der Waals surface area contributed by atoms with E-state index in [1.54, 1.807) is 0 Å². The monoisotopic (exact) mass is 276 g/mol. The second-order valence-corrected chi connectivity index (χ2v) is 4.08. The molecule has 0 fully saturated rings. The Morgan fingerprint density at radius 2 is 1.16 bits per heavy atom. The smallest absolute Gasteiger partial charge is 0.565 e. The standard InChI is InChI=1S/C11H22O2.CH2O3.Li.Na/c1-4-7-11(8-5-2,9-6-3)10(12)13;2-1(3)4;;/h4-9H2,1-3H3,(H,12,13);(H2,2,3,4);;/q;;2*+1/p-2. The molecule has 0 saturated heterocycles. The van der Waals surface area contributed by atoms with E-state index in [0.717, 1.165) is 38.5 Å². The summed E-state index contributed by atoms with van der Waals surface area (Å²) >= 11 is 0. The topological polar surface area (TPSA) is 100 Å². The van der Waals surface area contributed by atoms with Gasteiger partial charge in [0.25, 0.3) is 0 Å². The zero-order chi connectivity index (χ0) is 13.9. The molecule has 0 bridgehead atoms. The van der Waals surface area contributed by atoms with Crippen molar-refractivity contribution in [2.24, 2.45) is 5.41 Å². The summed E-state index contributed by atoms with van der Waals surface area (Å²) < 4.78 is 0. The minimum absolute atomic E-state index is 0.